The van der Waals surface area contributed by atoms with Gasteiger partial charge in [0.2, 0.25) is 0 Å². The van der Waals surface area contributed by atoms with Crippen molar-refractivity contribution in [2.45, 2.75) is 96.1 Å². The molecule has 2 aliphatic rings. The molecule has 11 heteroatoms. The van der Waals surface area contributed by atoms with Gasteiger partial charge in [0.25, 0.3) is 5.91 Å². The number of carbonyl (C=O) groups excluding carboxylic acids is 2. The fourth-order valence-electron chi connectivity index (χ4n) is 6.07. The van der Waals surface area contributed by atoms with Crippen LogP contribution in [0.3, 0.4) is 0 Å². The lowest BCUT2D eigenvalue weighted by Crippen LogP contribution is -2.47. The molecule has 0 radical (unpaired) electrons. The summed E-state index contributed by atoms with van der Waals surface area (Å²) in [5.74, 6) is 1.04. The molecule has 5 rings (SSSR count). The van der Waals surface area contributed by atoms with Gasteiger partial charge in [0, 0.05) is 37.8 Å². The fraction of sp³-hybridized carbons (Fsp3) is 0.548. The molecule has 2 saturated heterocycles. The van der Waals surface area contributed by atoms with Crippen LogP contribution < -0.4 is 0 Å². The number of carbonyl (C=O) groups is 2. The van der Waals surface area contributed by atoms with Crippen molar-refractivity contribution in [3.63, 3.8) is 0 Å². The maximum absolute atomic E-state index is 13.4. The Morgan fingerprint density at radius 1 is 1.05 bits per heavy atom. The molecule has 2 fully saturated rings. The van der Waals surface area contributed by atoms with Crippen LogP contribution in [0.1, 0.15) is 92.8 Å². The van der Waals surface area contributed by atoms with Crippen LogP contribution >= 0.6 is 0 Å². The van der Waals surface area contributed by atoms with E-state index in [9.17, 15) is 14.7 Å². The molecule has 3 aromatic rings. The Kier molecular flexibility index (Phi) is 8.86. The van der Waals surface area contributed by atoms with Crippen molar-refractivity contribution in [2.75, 3.05) is 13.1 Å². The predicted molar refractivity (Wildman–Crippen MR) is 156 cm³/mol. The van der Waals surface area contributed by atoms with Crippen LogP contribution in [0, 0.1) is 0 Å². The van der Waals surface area contributed by atoms with Gasteiger partial charge >= 0.3 is 6.09 Å². The first-order chi connectivity index (χ1) is 20.1. The second-order valence-corrected chi connectivity index (χ2v) is 12.2. The molecule has 2 aromatic heterocycles. The molecule has 224 valence electrons. The van der Waals surface area contributed by atoms with Crippen molar-refractivity contribution in [2.24, 2.45) is 0 Å². The number of likely N-dealkylation sites (tertiary alicyclic amines) is 2. The number of amides is 2. The van der Waals surface area contributed by atoms with E-state index in [1.807, 2.05) is 73.7 Å². The van der Waals surface area contributed by atoms with E-state index in [2.05, 4.69) is 20.5 Å². The topological polar surface area (TPSA) is 127 Å². The van der Waals surface area contributed by atoms with E-state index >= 15 is 0 Å². The van der Waals surface area contributed by atoms with Crippen LogP contribution in [0.5, 0.6) is 0 Å². The third-order valence-electron chi connectivity index (χ3n) is 8.18. The number of pyridine rings is 1. The smallest absolute Gasteiger partial charge is 0.410 e. The Bertz CT molecular complexity index is 1350. The second kappa shape index (κ2) is 12.6. The first kappa shape index (κ1) is 29.6. The number of nitrogens with zero attached hydrogens (tertiary/aromatic N) is 7. The summed E-state index contributed by atoms with van der Waals surface area (Å²) in [6.07, 6.45) is 4.03. The number of tetrazole rings is 1. The van der Waals surface area contributed by atoms with Crippen molar-refractivity contribution >= 4 is 12.0 Å². The maximum Gasteiger partial charge on any atom is 0.410 e. The zero-order chi connectivity index (χ0) is 29.9. The predicted octanol–water partition coefficient (Wildman–Crippen LogP) is 4.15. The summed E-state index contributed by atoms with van der Waals surface area (Å²) >= 11 is 0. The molecule has 42 heavy (non-hydrogen) atoms. The number of aliphatic hydroxyl groups excluding tert-OH is 1. The average molecular weight is 576 g/mol. The molecule has 0 saturated carbocycles. The van der Waals surface area contributed by atoms with Gasteiger partial charge in [-0.3, -0.25) is 14.7 Å². The molecule has 2 amide bonds. The summed E-state index contributed by atoms with van der Waals surface area (Å²) in [6.45, 7) is 9.52. The molecule has 3 atom stereocenters. The highest BCUT2D eigenvalue weighted by Gasteiger charge is 2.43. The lowest BCUT2D eigenvalue weighted by atomic mass is 9.95. The van der Waals surface area contributed by atoms with E-state index < -0.39 is 23.8 Å². The third-order valence-corrected chi connectivity index (χ3v) is 8.18. The lowest BCUT2D eigenvalue weighted by molar-refractivity contribution is -0.00454. The third kappa shape index (κ3) is 6.61. The van der Waals surface area contributed by atoms with Crippen molar-refractivity contribution in [3.05, 3.63) is 71.3 Å². The van der Waals surface area contributed by atoms with E-state index in [0.717, 1.165) is 42.8 Å². The van der Waals surface area contributed by atoms with Gasteiger partial charge in [-0.05, 0) is 87.4 Å². The minimum Gasteiger partial charge on any atom is -0.444 e. The molecular formula is C31H41N7O4. The van der Waals surface area contributed by atoms with E-state index in [-0.39, 0.29) is 17.9 Å². The van der Waals surface area contributed by atoms with Crippen molar-refractivity contribution in [1.29, 1.82) is 0 Å². The van der Waals surface area contributed by atoms with Gasteiger partial charge in [0.05, 0.1) is 12.1 Å². The molecule has 1 aromatic carbocycles. The standard InChI is InChI=1S/C31H41N7O4/c1-5-37-28(33-34-35-37)23-15-17-36(18-16-23)29(40)25-13-11-21(20-32-25)19-24-12-14-26(27(39)22-9-7-6-8-10-22)38(24)30(41)42-31(2,3)4/h6-11,13,20,23-24,26-27,39H,5,12,14-19H2,1-4H3/t24-,26+,27+/m0/s1. The fourth-order valence-corrected chi connectivity index (χ4v) is 6.07. The number of ether oxygens (including phenoxy) is 1. The number of aromatic nitrogens is 5. The molecule has 0 spiro atoms. The zero-order valence-corrected chi connectivity index (χ0v) is 24.9. The molecule has 4 heterocycles. The van der Waals surface area contributed by atoms with E-state index in [4.69, 9.17) is 4.74 Å². The highest BCUT2D eigenvalue weighted by Crippen LogP contribution is 2.36. The average Bonchev–Trinajstić information content (AvgIpc) is 3.64. The largest absolute Gasteiger partial charge is 0.444 e. The number of hydrogen-bond acceptors (Lipinski definition) is 8. The molecule has 1 N–H and O–H groups in total. The van der Waals surface area contributed by atoms with Gasteiger partial charge in [0.15, 0.2) is 5.82 Å². The zero-order valence-electron chi connectivity index (χ0n) is 24.9. The molecule has 2 aliphatic heterocycles. The van der Waals surface area contributed by atoms with Gasteiger partial charge in [0.1, 0.15) is 11.3 Å². The van der Waals surface area contributed by atoms with E-state index in [0.29, 0.717) is 31.6 Å². The summed E-state index contributed by atoms with van der Waals surface area (Å²) in [7, 11) is 0. The van der Waals surface area contributed by atoms with Crippen LogP contribution in [-0.4, -0.2) is 82.9 Å². The van der Waals surface area contributed by atoms with Crippen molar-refractivity contribution < 1.29 is 19.4 Å². The minimum atomic E-state index is -0.819. The highest BCUT2D eigenvalue weighted by molar-refractivity contribution is 5.92. The Labute approximate surface area is 246 Å². The Balaban J connectivity index is 1.24. The van der Waals surface area contributed by atoms with Crippen LogP contribution in [0.4, 0.5) is 4.79 Å². The SMILES string of the molecule is CCn1nnnc1C1CCN(C(=O)c2ccc(C[C@@H]3CC[C@H]([C@H](O)c4ccccc4)N3C(=O)OC(C)(C)C)cn2)CC1. The lowest BCUT2D eigenvalue weighted by Gasteiger charge is -2.35. The maximum atomic E-state index is 13.4. The highest BCUT2D eigenvalue weighted by atomic mass is 16.6. The number of hydrogen-bond donors (Lipinski definition) is 1. The van der Waals surface area contributed by atoms with Crippen molar-refractivity contribution in [1.82, 2.24) is 35.0 Å². The summed E-state index contributed by atoms with van der Waals surface area (Å²) in [4.78, 5) is 34.7. The minimum absolute atomic E-state index is 0.0858. The van der Waals surface area contributed by atoms with Gasteiger partial charge in [-0.1, -0.05) is 36.4 Å². The molecule has 11 nitrogen and oxygen atoms in total. The summed E-state index contributed by atoms with van der Waals surface area (Å²) < 4.78 is 7.59. The number of rotatable bonds is 7. The Morgan fingerprint density at radius 3 is 2.43 bits per heavy atom. The summed E-state index contributed by atoms with van der Waals surface area (Å²) in [5.41, 5.74) is 1.44. The van der Waals surface area contributed by atoms with Gasteiger partial charge in [-0.15, -0.1) is 5.10 Å². The van der Waals surface area contributed by atoms with Gasteiger partial charge < -0.3 is 14.7 Å². The number of benzene rings is 1. The van der Waals surface area contributed by atoms with Crippen LogP contribution in [0.25, 0.3) is 0 Å². The second-order valence-electron chi connectivity index (χ2n) is 12.2. The summed E-state index contributed by atoms with van der Waals surface area (Å²) in [5, 5.41) is 23.3. The van der Waals surface area contributed by atoms with Crippen LogP contribution in [0.15, 0.2) is 48.7 Å². The summed E-state index contributed by atoms with van der Waals surface area (Å²) in [6, 6.07) is 12.6. The van der Waals surface area contributed by atoms with Crippen LogP contribution in [-0.2, 0) is 17.7 Å². The first-order valence-electron chi connectivity index (χ1n) is 14.9. The molecule has 0 bridgehead atoms. The van der Waals surface area contributed by atoms with E-state index in [1.165, 1.54) is 0 Å². The van der Waals surface area contributed by atoms with Gasteiger partial charge in [-0.25, -0.2) is 9.48 Å². The molecular weight excluding hydrogens is 534 g/mol. The Morgan fingerprint density at radius 2 is 1.79 bits per heavy atom. The number of aryl methyl sites for hydroxylation is 1. The van der Waals surface area contributed by atoms with Crippen LogP contribution in [0.2, 0.25) is 0 Å². The van der Waals surface area contributed by atoms with Gasteiger partial charge in [-0.2, -0.15) is 0 Å². The quantitative estimate of drug-likeness (QED) is 0.445. The molecule has 0 unspecified atom stereocenters. The normalized spacial score (nSPS) is 20.5. The number of aliphatic hydroxyl groups is 1. The molecule has 0 aliphatic carbocycles. The Hall–Kier alpha value is -3.86. The first-order valence-corrected chi connectivity index (χ1v) is 14.9. The van der Waals surface area contributed by atoms with Crippen molar-refractivity contribution in [3.8, 4) is 0 Å². The monoisotopic (exact) mass is 575 g/mol. The van der Waals surface area contributed by atoms with E-state index in [1.54, 1.807) is 17.2 Å². The number of piperidine rings is 1.